The molecule has 13 aromatic rings. The van der Waals surface area contributed by atoms with Crippen molar-refractivity contribution in [2.24, 2.45) is 0 Å². The van der Waals surface area contributed by atoms with Gasteiger partial charge < -0.3 is 9.13 Å². The van der Waals surface area contributed by atoms with Crippen molar-refractivity contribution in [3.05, 3.63) is 261 Å². The number of fused-ring (bicyclic) bond motifs is 6. The lowest BCUT2D eigenvalue weighted by Crippen LogP contribution is -2.11. The number of aromatic nitrogens is 2. The molecule has 4 nitrogen and oxygen atoms in total. The molecule has 0 atom stereocenters. The first-order chi connectivity index (χ1) is 50.1. The number of halogens is 27. The van der Waals surface area contributed by atoms with Crippen LogP contribution >= 0.6 is 0 Å². The minimum absolute atomic E-state index is 0.174. The fourth-order valence-corrected chi connectivity index (χ4v) is 13.0. The molecule has 0 saturated carbocycles. The molecule has 108 heavy (non-hydrogen) atoms. The number of nitrogens with zero attached hydrogens (tertiary/aromatic N) is 4. The van der Waals surface area contributed by atoms with Crippen molar-refractivity contribution in [2.45, 2.75) is 55.6 Å². The average Bonchev–Trinajstić information content (AvgIpc) is 1.55. The molecular weight excluding hydrogens is 1490 g/mol. The van der Waals surface area contributed by atoms with E-state index in [1.807, 2.05) is 6.07 Å². The number of hydrogen-bond donors (Lipinski definition) is 0. The molecule has 0 aliphatic heterocycles. The van der Waals surface area contributed by atoms with Crippen molar-refractivity contribution in [2.75, 3.05) is 0 Å². The molecule has 550 valence electrons. The van der Waals surface area contributed by atoms with Gasteiger partial charge in [-0.3, -0.25) is 0 Å². The predicted octanol–water partition coefficient (Wildman–Crippen LogP) is 26.8. The molecule has 0 saturated heterocycles. The zero-order valence-electron chi connectivity index (χ0n) is 53.0. The van der Waals surface area contributed by atoms with Gasteiger partial charge in [0.1, 0.15) is 0 Å². The highest BCUT2D eigenvalue weighted by atomic mass is 19.4. The van der Waals surface area contributed by atoms with Crippen molar-refractivity contribution in [1.29, 1.82) is 10.5 Å². The van der Waals surface area contributed by atoms with Gasteiger partial charge in [-0.25, -0.2) is 0 Å². The largest absolute Gasteiger partial charge is 0.417 e. The zero-order valence-corrected chi connectivity index (χ0v) is 53.0. The van der Waals surface area contributed by atoms with Crippen LogP contribution in [-0.4, -0.2) is 9.13 Å². The summed E-state index contributed by atoms with van der Waals surface area (Å²) in [7, 11) is 0. The maximum Gasteiger partial charge on any atom is 0.417 e. The Kier molecular flexibility index (Phi) is 17.5. The second-order valence-corrected chi connectivity index (χ2v) is 24.7. The Hall–Kier alpha value is -11.9. The van der Waals surface area contributed by atoms with Crippen LogP contribution in [0.25, 0.3) is 122 Å². The van der Waals surface area contributed by atoms with E-state index in [2.05, 4.69) is 0 Å². The van der Waals surface area contributed by atoms with Gasteiger partial charge in [0.15, 0.2) is 0 Å². The SMILES string of the molecule is N#Cc1ccc(-n2c3ccc(-c4cc(C(F)(F)F)cc(C(F)(F)F)c4)cc3c3cc(-c4cc(C(F)(F)F)cc(C(F)(F)F)c4)ccc32)c(-c2cc(-c3ccc(C#N)cc3C(F)(F)F)ccc2-n2c3ccc(-c4cc(C(F)(F)F)cc(C(F)(F)F)c4)cc3c3cc(-c4cc(C(F)(F)F)cc(C(F)(F)F)c4)ccc32)c1. The van der Waals surface area contributed by atoms with Crippen LogP contribution < -0.4 is 0 Å². The summed E-state index contributed by atoms with van der Waals surface area (Å²) in [5, 5.41) is 19.5. The molecule has 0 bridgehead atoms. The quantitative estimate of drug-likeness (QED) is 0.142. The summed E-state index contributed by atoms with van der Waals surface area (Å²) in [6.07, 6.45) is -48.8. The number of alkyl halides is 27. The van der Waals surface area contributed by atoms with E-state index in [9.17, 15) is 116 Å². The topological polar surface area (TPSA) is 57.4 Å². The minimum Gasteiger partial charge on any atom is -0.309 e. The second-order valence-electron chi connectivity index (χ2n) is 24.7. The van der Waals surface area contributed by atoms with Gasteiger partial charge in [0.2, 0.25) is 0 Å². The number of rotatable bonds is 8. The molecule has 2 aromatic heterocycles. The van der Waals surface area contributed by atoms with E-state index in [4.69, 9.17) is 0 Å². The van der Waals surface area contributed by atoms with E-state index in [0.29, 0.717) is 54.6 Å². The summed E-state index contributed by atoms with van der Waals surface area (Å²) >= 11 is 0. The second kappa shape index (κ2) is 25.4. The third-order valence-corrected chi connectivity index (χ3v) is 17.9. The average molecular weight is 1530 g/mol. The molecule has 11 aromatic carbocycles. The van der Waals surface area contributed by atoms with Crippen LogP contribution in [0, 0.1) is 22.7 Å². The molecule has 13 rings (SSSR count). The summed E-state index contributed by atoms with van der Waals surface area (Å²) in [5.41, 5.74) is -24.5. The highest BCUT2D eigenvalue weighted by Gasteiger charge is 2.43. The van der Waals surface area contributed by atoms with Crippen LogP contribution in [0.15, 0.2) is 200 Å². The van der Waals surface area contributed by atoms with Gasteiger partial charge in [0, 0.05) is 32.7 Å². The van der Waals surface area contributed by atoms with Crippen LogP contribution in [0.2, 0.25) is 0 Å². The van der Waals surface area contributed by atoms with Gasteiger partial charge in [-0.1, -0.05) is 36.4 Å². The Morgan fingerprint density at radius 3 is 0.704 bits per heavy atom. The predicted molar refractivity (Wildman–Crippen MR) is 342 cm³/mol. The van der Waals surface area contributed by atoms with Crippen LogP contribution in [-0.2, 0) is 55.6 Å². The number of benzene rings is 11. The first-order valence-electron chi connectivity index (χ1n) is 30.7. The molecule has 0 aliphatic rings. The zero-order chi connectivity index (χ0) is 78.5. The summed E-state index contributed by atoms with van der Waals surface area (Å²) < 4.78 is 396. The molecular formula is C77H33F27N4. The number of nitriles is 2. The van der Waals surface area contributed by atoms with Gasteiger partial charge in [-0.05, 0) is 219 Å². The molecule has 31 heteroatoms. The maximum absolute atomic E-state index is 15.4. The lowest BCUT2D eigenvalue weighted by molar-refractivity contribution is -0.144. The fourth-order valence-electron chi connectivity index (χ4n) is 13.0. The minimum atomic E-state index is -5.44. The van der Waals surface area contributed by atoms with Crippen molar-refractivity contribution >= 4 is 43.6 Å². The highest BCUT2D eigenvalue weighted by molar-refractivity contribution is 6.14. The van der Waals surface area contributed by atoms with E-state index < -0.39 is 167 Å². The lowest BCUT2D eigenvalue weighted by atomic mass is 9.92. The lowest BCUT2D eigenvalue weighted by Gasteiger charge is -2.21. The van der Waals surface area contributed by atoms with E-state index >= 15 is 13.2 Å². The molecule has 2 heterocycles. The van der Waals surface area contributed by atoms with E-state index in [0.717, 1.165) is 115 Å². The Labute approximate surface area is 587 Å². The van der Waals surface area contributed by atoms with E-state index in [-0.39, 0.29) is 95.9 Å². The van der Waals surface area contributed by atoms with Gasteiger partial charge in [-0.15, -0.1) is 0 Å². The molecule has 0 aliphatic carbocycles. The monoisotopic (exact) mass is 1530 g/mol. The highest BCUT2D eigenvalue weighted by Crippen LogP contribution is 2.51. The Morgan fingerprint density at radius 1 is 0.204 bits per heavy atom. The van der Waals surface area contributed by atoms with E-state index in [1.165, 1.54) is 15.2 Å². The van der Waals surface area contributed by atoms with E-state index in [1.54, 1.807) is 6.07 Å². The number of hydrogen-bond acceptors (Lipinski definition) is 2. The smallest absolute Gasteiger partial charge is 0.309 e. The van der Waals surface area contributed by atoms with Crippen molar-refractivity contribution in [3.8, 4) is 90.3 Å². The van der Waals surface area contributed by atoms with Crippen molar-refractivity contribution in [3.63, 3.8) is 0 Å². The molecule has 0 unspecified atom stereocenters. The van der Waals surface area contributed by atoms with Gasteiger partial charge >= 0.3 is 55.6 Å². The van der Waals surface area contributed by atoms with Crippen molar-refractivity contribution < 1.29 is 119 Å². The molecule has 0 fully saturated rings. The molecule has 0 N–H and O–H groups in total. The third kappa shape index (κ3) is 14.0. The van der Waals surface area contributed by atoms with Crippen LogP contribution in [0.3, 0.4) is 0 Å². The normalized spacial score (nSPS) is 13.1. The Balaban J connectivity index is 1.16. The molecule has 0 radical (unpaired) electrons. The first-order valence-corrected chi connectivity index (χ1v) is 30.7. The molecule has 0 amide bonds. The summed E-state index contributed by atoms with van der Waals surface area (Å²) in [6, 6.07) is 27.1. The summed E-state index contributed by atoms with van der Waals surface area (Å²) in [5.74, 6) is 0. The maximum atomic E-state index is 15.4. The summed E-state index contributed by atoms with van der Waals surface area (Å²) in [4.78, 5) is 0. The van der Waals surface area contributed by atoms with Crippen LogP contribution in [0.1, 0.15) is 61.2 Å². The standard InChI is InChI=1S/C77H33F27N4/c78-69(79,80)47-17-43(18-48(30-47)70(81,82)83)38-3-10-64-57(25-38)58-26-39(44-19-49(71(84,85)86)31-50(20-44)72(87,88)89)4-11-65(58)107(64)63-9-2-36(34-105)15-56(63)61-29-42(55-8-1-37(35-106)16-62(55)77(102,103)104)7-14-68(61)108-66-12-5-40(45-21-51(73(90,91)92)32-52(22-45)74(93,94)95)27-59(66)60-28-41(6-13-67(60)108)46-23-53(75(96,97)98)33-54(24-46)76(99,100)101/h1-33H. The first kappa shape index (κ1) is 74.4. The van der Waals surface area contributed by atoms with Gasteiger partial charge in [0.05, 0.1) is 107 Å². The van der Waals surface area contributed by atoms with Crippen molar-refractivity contribution in [1.82, 2.24) is 9.13 Å². The summed E-state index contributed by atoms with van der Waals surface area (Å²) in [6.45, 7) is 0. The van der Waals surface area contributed by atoms with Gasteiger partial charge in [0.25, 0.3) is 0 Å². The molecule has 0 spiro atoms. The van der Waals surface area contributed by atoms with Crippen LogP contribution in [0.5, 0.6) is 0 Å². The Bertz CT molecular complexity index is 5550. The van der Waals surface area contributed by atoms with Gasteiger partial charge in [-0.2, -0.15) is 129 Å². The Morgan fingerprint density at radius 2 is 0.444 bits per heavy atom. The fraction of sp³-hybridized carbons (Fsp3) is 0.117. The third-order valence-electron chi connectivity index (χ3n) is 17.9. The van der Waals surface area contributed by atoms with Crippen LogP contribution in [0.4, 0.5) is 119 Å².